The molecule has 134 valence electrons. The Hall–Kier alpha value is -3.74. The maximum Gasteiger partial charge on any atom is 0.324 e. The van der Waals surface area contributed by atoms with Crippen LogP contribution < -0.4 is 10.6 Å². The SMILES string of the molecule is Cc1ccnc(NC(=O)Nc2ccc(-c3cncc4c3cnn4C)cc2)c1. The van der Waals surface area contributed by atoms with E-state index in [4.69, 9.17) is 0 Å². The fourth-order valence-electron chi connectivity index (χ4n) is 2.91. The average Bonchev–Trinajstić information content (AvgIpc) is 3.04. The number of carbonyl (C=O) groups is 1. The first-order chi connectivity index (χ1) is 13.1. The third-order valence-corrected chi connectivity index (χ3v) is 4.29. The van der Waals surface area contributed by atoms with Gasteiger partial charge in [-0.3, -0.25) is 15.0 Å². The third kappa shape index (κ3) is 3.48. The highest BCUT2D eigenvalue weighted by Gasteiger charge is 2.09. The first-order valence-corrected chi connectivity index (χ1v) is 8.47. The van der Waals surface area contributed by atoms with Crippen LogP contribution in [0.2, 0.25) is 0 Å². The van der Waals surface area contributed by atoms with Gasteiger partial charge in [0.05, 0.1) is 17.9 Å². The molecule has 1 aromatic carbocycles. The lowest BCUT2D eigenvalue weighted by Gasteiger charge is -2.09. The zero-order chi connectivity index (χ0) is 18.8. The van der Waals surface area contributed by atoms with Crippen LogP contribution in [0.15, 0.2) is 61.2 Å². The van der Waals surface area contributed by atoms with Crippen LogP contribution in [0.3, 0.4) is 0 Å². The number of amides is 2. The molecule has 0 unspecified atom stereocenters. The third-order valence-electron chi connectivity index (χ3n) is 4.29. The Morgan fingerprint density at radius 2 is 1.85 bits per heavy atom. The molecule has 27 heavy (non-hydrogen) atoms. The van der Waals surface area contributed by atoms with Crippen LogP contribution >= 0.6 is 0 Å². The second-order valence-electron chi connectivity index (χ2n) is 6.26. The molecule has 0 aliphatic heterocycles. The lowest BCUT2D eigenvalue weighted by Crippen LogP contribution is -2.20. The normalized spacial score (nSPS) is 10.7. The summed E-state index contributed by atoms with van der Waals surface area (Å²) in [4.78, 5) is 20.6. The summed E-state index contributed by atoms with van der Waals surface area (Å²) in [5.74, 6) is 0.512. The topological polar surface area (TPSA) is 84.7 Å². The van der Waals surface area contributed by atoms with Crippen molar-refractivity contribution in [3.8, 4) is 11.1 Å². The first kappa shape index (κ1) is 16.7. The number of pyridine rings is 2. The second kappa shape index (κ2) is 6.87. The number of benzene rings is 1. The molecule has 0 bridgehead atoms. The van der Waals surface area contributed by atoms with Crippen molar-refractivity contribution in [1.29, 1.82) is 0 Å². The molecule has 7 heteroatoms. The van der Waals surface area contributed by atoms with Gasteiger partial charge >= 0.3 is 6.03 Å². The van der Waals surface area contributed by atoms with Gasteiger partial charge in [-0.05, 0) is 42.3 Å². The maximum atomic E-state index is 12.1. The number of nitrogens with zero attached hydrogens (tertiary/aromatic N) is 4. The zero-order valence-corrected chi connectivity index (χ0v) is 15.0. The molecule has 0 radical (unpaired) electrons. The van der Waals surface area contributed by atoms with Crippen LogP contribution in [0.4, 0.5) is 16.3 Å². The second-order valence-corrected chi connectivity index (χ2v) is 6.26. The standard InChI is InChI=1S/C20H18N6O/c1-13-7-8-22-19(9-13)25-20(27)24-15-5-3-14(4-6-15)16-10-21-12-18-17(16)11-23-26(18)2/h3-12H,1-2H3,(H2,22,24,25,27). The minimum absolute atomic E-state index is 0.336. The molecule has 3 aromatic heterocycles. The fraction of sp³-hybridized carbons (Fsp3) is 0.100. The van der Waals surface area contributed by atoms with Crippen molar-refractivity contribution in [3.05, 3.63) is 66.7 Å². The number of carbonyl (C=O) groups excluding carboxylic acids is 1. The van der Waals surface area contributed by atoms with Gasteiger partial charge in [-0.15, -0.1) is 0 Å². The van der Waals surface area contributed by atoms with Gasteiger partial charge in [0.25, 0.3) is 0 Å². The molecule has 0 atom stereocenters. The van der Waals surface area contributed by atoms with Crippen LogP contribution in [0.1, 0.15) is 5.56 Å². The van der Waals surface area contributed by atoms with E-state index in [0.717, 1.165) is 27.6 Å². The van der Waals surface area contributed by atoms with Crippen molar-refractivity contribution in [1.82, 2.24) is 19.7 Å². The maximum absolute atomic E-state index is 12.1. The highest BCUT2D eigenvalue weighted by Crippen LogP contribution is 2.28. The fourth-order valence-corrected chi connectivity index (χ4v) is 2.91. The van der Waals surface area contributed by atoms with E-state index in [2.05, 4.69) is 25.7 Å². The molecule has 0 fully saturated rings. The lowest BCUT2D eigenvalue weighted by atomic mass is 10.0. The summed E-state index contributed by atoms with van der Waals surface area (Å²) in [6, 6.07) is 11.0. The van der Waals surface area contributed by atoms with Gasteiger partial charge in [0.15, 0.2) is 0 Å². The van der Waals surface area contributed by atoms with E-state index in [1.54, 1.807) is 17.1 Å². The summed E-state index contributed by atoms with van der Waals surface area (Å²) in [5.41, 5.74) is 4.70. The molecule has 2 amide bonds. The summed E-state index contributed by atoms with van der Waals surface area (Å²) in [5, 5.41) is 10.9. The van der Waals surface area contributed by atoms with E-state index < -0.39 is 0 Å². The Balaban J connectivity index is 1.51. The van der Waals surface area contributed by atoms with Crippen molar-refractivity contribution < 1.29 is 4.79 Å². The largest absolute Gasteiger partial charge is 0.324 e. The number of fused-ring (bicyclic) bond motifs is 1. The minimum atomic E-state index is -0.336. The van der Waals surface area contributed by atoms with E-state index in [1.807, 2.05) is 62.8 Å². The van der Waals surface area contributed by atoms with Gasteiger partial charge in [0, 0.05) is 36.1 Å². The molecule has 0 saturated carbocycles. The number of hydrogen-bond donors (Lipinski definition) is 2. The van der Waals surface area contributed by atoms with Crippen molar-refractivity contribution in [2.24, 2.45) is 7.05 Å². The first-order valence-electron chi connectivity index (χ1n) is 8.47. The van der Waals surface area contributed by atoms with Gasteiger partial charge in [-0.2, -0.15) is 5.10 Å². The molecular weight excluding hydrogens is 340 g/mol. The van der Waals surface area contributed by atoms with Crippen LogP contribution in [0.5, 0.6) is 0 Å². The number of hydrogen-bond acceptors (Lipinski definition) is 4. The quantitative estimate of drug-likeness (QED) is 0.580. The zero-order valence-electron chi connectivity index (χ0n) is 15.0. The van der Waals surface area contributed by atoms with Crippen LogP contribution in [0, 0.1) is 6.92 Å². The van der Waals surface area contributed by atoms with Crippen LogP contribution in [0.25, 0.3) is 22.0 Å². The van der Waals surface area contributed by atoms with Crippen LogP contribution in [-0.2, 0) is 7.05 Å². The Morgan fingerprint density at radius 1 is 1.04 bits per heavy atom. The van der Waals surface area contributed by atoms with Gasteiger partial charge in [0.2, 0.25) is 0 Å². The Bertz CT molecular complexity index is 1120. The number of aryl methyl sites for hydroxylation is 2. The summed E-state index contributed by atoms with van der Waals surface area (Å²) in [6.45, 7) is 1.95. The Morgan fingerprint density at radius 3 is 2.63 bits per heavy atom. The molecule has 0 aliphatic carbocycles. The predicted octanol–water partition coefficient (Wildman–Crippen LogP) is 3.98. The van der Waals surface area contributed by atoms with Crippen LogP contribution in [-0.4, -0.2) is 25.8 Å². The van der Waals surface area contributed by atoms with Crippen molar-refractivity contribution >= 4 is 28.4 Å². The van der Waals surface area contributed by atoms with Crippen molar-refractivity contribution in [3.63, 3.8) is 0 Å². The van der Waals surface area contributed by atoms with E-state index >= 15 is 0 Å². The number of anilines is 2. The Labute approximate surface area is 156 Å². The molecule has 0 spiro atoms. The van der Waals surface area contributed by atoms with Gasteiger partial charge in [0.1, 0.15) is 5.82 Å². The van der Waals surface area contributed by atoms with E-state index in [-0.39, 0.29) is 6.03 Å². The number of aromatic nitrogens is 4. The number of nitrogens with one attached hydrogen (secondary N) is 2. The molecular formula is C20H18N6O. The molecule has 4 rings (SSSR count). The molecule has 3 heterocycles. The predicted molar refractivity (Wildman–Crippen MR) is 106 cm³/mol. The summed E-state index contributed by atoms with van der Waals surface area (Å²) >= 11 is 0. The molecule has 4 aromatic rings. The summed E-state index contributed by atoms with van der Waals surface area (Å²) in [7, 11) is 1.89. The highest BCUT2D eigenvalue weighted by molar-refractivity contribution is 5.99. The van der Waals surface area contributed by atoms with E-state index in [9.17, 15) is 4.79 Å². The van der Waals surface area contributed by atoms with Crippen molar-refractivity contribution in [2.75, 3.05) is 10.6 Å². The van der Waals surface area contributed by atoms with E-state index in [0.29, 0.717) is 11.5 Å². The average molecular weight is 358 g/mol. The number of rotatable bonds is 3. The van der Waals surface area contributed by atoms with Gasteiger partial charge in [-0.25, -0.2) is 9.78 Å². The van der Waals surface area contributed by atoms with E-state index in [1.165, 1.54) is 0 Å². The molecule has 0 saturated heterocycles. The molecule has 7 nitrogen and oxygen atoms in total. The summed E-state index contributed by atoms with van der Waals surface area (Å²) < 4.78 is 1.80. The minimum Gasteiger partial charge on any atom is -0.308 e. The molecule has 2 N–H and O–H groups in total. The number of urea groups is 1. The lowest BCUT2D eigenvalue weighted by molar-refractivity contribution is 0.262. The highest BCUT2D eigenvalue weighted by atomic mass is 16.2. The van der Waals surface area contributed by atoms with Crippen molar-refractivity contribution in [2.45, 2.75) is 6.92 Å². The van der Waals surface area contributed by atoms with Gasteiger partial charge in [-0.1, -0.05) is 12.1 Å². The Kier molecular flexibility index (Phi) is 4.25. The van der Waals surface area contributed by atoms with Gasteiger partial charge < -0.3 is 5.32 Å². The molecule has 0 aliphatic rings. The smallest absolute Gasteiger partial charge is 0.308 e. The monoisotopic (exact) mass is 358 g/mol. The summed E-state index contributed by atoms with van der Waals surface area (Å²) in [6.07, 6.45) is 7.11.